The highest BCUT2D eigenvalue weighted by Crippen LogP contribution is 2.35. The van der Waals surface area contributed by atoms with Gasteiger partial charge in [0.25, 0.3) is 5.63 Å². The first-order chi connectivity index (χ1) is 12.8. The number of fused-ring (bicyclic) bond motifs is 1. The van der Waals surface area contributed by atoms with E-state index in [9.17, 15) is 13.2 Å². The molecule has 0 aliphatic carbocycles. The molecular weight excluding hydrogens is 403 g/mol. The first-order valence-electron chi connectivity index (χ1n) is 7.80. The molecule has 5 nitrogen and oxygen atoms in total. The average Bonchev–Trinajstić information content (AvgIpc) is 3.02. The summed E-state index contributed by atoms with van der Waals surface area (Å²) < 4.78 is 48.8. The Hall–Kier alpha value is -2.13. The van der Waals surface area contributed by atoms with Crippen molar-refractivity contribution in [3.63, 3.8) is 0 Å². The third kappa shape index (κ3) is 4.59. The predicted octanol–water partition coefficient (Wildman–Crippen LogP) is 5.33. The van der Waals surface area contributed by atoms with Crippen LogP contribution in [0.3, 0.4) is 0 Å². The SMILES string of the molecule is COc1ccnc(C(C)Sc2nc3cc(OC(F)(F)C(F)Cl)ccc3[nH]2)c1. The van der Waals surface area contributed by atoms with Gasteiger partial charge < -0.3 is 14.5 Å². The van der Waals surface area contributed by atoms with E-state index < -0.39 is 11.7 Å². The van der Waals surface area contributed by atoms with E-state index in [-0.39, 0.29) is 11.0 Å². The van der Waals surface area contributed by atoms with E-state index in [1.54, 1.807) is 19.4 Å². The highest BCUT2D eigenvalue weighted by Gasteiger charge is 2.42. The molecule has 0 radical (unpaired) electrons. The Balaban J connectivity index is 1.78. The first kappa shape index (κ1) is 19.6. The number of alkyl halides is 4. The Kier molecular flexibility index (Phi) is 5.71. The minimum Gasteiger partial charge on any atom is -0.497 e. The summed E-state index contributed by atoms with van der Waals surface area (Å²) in [4.78, 5) is 11.8. The Morgan fingerprint density at radius 2 is 2.00 bits per heavy atom. The van der Waals surface area contributed by atoms with Crippen LogP contribution in [-0.2, 0) is 0 Å². The van der Waals surface area contributed by atoms with E-state index in [1.165, 1.54) is 30.0 Å². The second-order valence-corrected chi connectivity index (χ2v) is 7.28. The van der Waals surface area contributed by atoms with Crippen molar-refractivity contribution < 1.29 is 22.6 Å². The largest absolute Gasteiger partial charge is 0.497 e. The summed E-state index contributed by atoms with van der Waals surface area (Å²) in [5, 5.41) is 0.538. The summed E-state index contributed by atoms with van der Waals surface area (Å²) in [6.45, 7) is 1.95. The van der Waals surface area contributed by atoms with Crippen molar-refractivity contribution in [2.45, 2.75) is 29.1 Å². The maximum atomic E-state index is 13.3. The number of halogens is 4. The number of thioether (sulfide) groups is 1. The van der Waals surface area contributed by atoms with E-state index >= 15 is 0 Å². The van der Waals surface area contributed by atoms with E-state index in [0.717, 1.165) is 5.69 Å². The minimum absolute atomic E-state index is 0.0377. The Labute approximate surface area is 162 Å². The summed E-state index contributed by atoms with van der Waals surface area (Å²) in [7, 11) is 1.58. The smallest absolute Gasteiger partial charge is 0.444 e. The van der Waals surface area contributed by atoms with Crippen molar-refractivity contribution >= 4 is 34.4 Å². The van der Waals surface area contributed by atoms with Gasteiger partial charge in [-0.05, 0) is 25.1 Å². The van der Waals surface area contributed by atoms with Gasteiger partial charge in [0.05, 0.1) is 29.1 Å². The fraction of sp³-hybridized carbons (Fsp3) is 0.294. The van der Waals surface area contributed by atoms with Crippen molar-refractivity contribution in [3.05, 3.63) is 42.2 Å². The lowest BCUT2D eigenvalue weighted by atomic mass is 10.3. The molecule has 0 fully saturated rings. The lowest BCUT2D eigenvalue weighted by Gasteiger charge is -2.17. The molecule has 2 heterocycles. The summed E-state index contributed by atoms with van der Waals surface area (Å²) >= 11 is 6.21. The third-order valence-electron chi connectivity index (χ3n) is 3.63. The van der Waals surface area contributed by atoms with Crippen molar-refractivity contribution in [1.82, 2.24) is 15.0 Å². The van der Waals surface area contributed by atoms with Gasteiger partial charge in [-0.3, -0.25) is 4.98 Å². The zero-order chi connectivity index (χ0) is 19.6. The van der Waals surface area contributed by atoms with Gasteiger partial charge in [-0.25, -0.2) is 9.37 Å². The van der Waals surface area contributed by atoms with Crippen molar-refractivity contribution in [2.24, 2.45) is 0 Å². The molecule has 0 saturated heterocycles. The maximum absolute atomic E-state index is 13.3. The van der Waals surface area contributed by atoms with Crippen LogP contribution >= 0.6 is 23.4 Å². The van der Waals surface area contributed by atoms with Crippen molar-refractivity contribution in [2.75, 3.05) is 7.11 Å². The Morgan fingerprint density at radius 3 is 2.70 bits per heavy atom. The van der Waals surface area contributed by atoms with E-state index in [0.29, 0.717) is 21.9 Å². The number of hydrogen-bond donors (Lipinski definition) is 1. The fourth-order valence-corrected chi connectivity index (χ4v) is 3.24. The number of pyridine rings is 1. The van der Waals surface area contributed by atoms with Crippen LogP contribution in [0.1, 0.15) is 17.9 Å². The molecule has 0 bridgehead atoms. The molecule has 0 aliphatic heterocycles. The number of ether oxygens (including phenoxy) is 2. The van der Waals surface area contributed by atoms with Crippen LogP contribution in [0.4, 0.5) is 13.2 Å². The zero-order valence-corrected chi connectivity index (χ0v) is 15.8. The second kappa shape index (κ2) is 7.85. The lowest BCUT2D eigenvalue weighted by Crippen LogP contribution is -2.32. The summed E-state index contributed by atoms with van der Waals surface area (Å²) in [5.74, 6) is 0.464. The van der Waals surface area contributed by atoms with Crippen LogP contribution < -0.4 is 9.47 Å². The number of imidazole rings is 1. The number of aromatic nitrogens is 3. The number of benzene rings is 1. The molecule has 0 aliphatic rings. The molecule has 3 aromatic rings. The molecule has 10 heteroatoms. The van der Waals surface area contributed by atoms with Gasteiger partial charge in [0.15, 0.2) is 5.16 Å². The normalized spacial score (nSPS) is 14.1. The van der Waals surface area contributed by atoms with Crippen LogP contribution in [0, 0.1) is 0 Å². The van der Waals surface area contributed by atoms with E-state index in [2.05, 4.69) is 19.7 Å². The number of hydrogen-bond acceptors (Lipinski definition) is 5. The second-order valence-electron chi connectivity index (χ2n) is 5.57. The highest BCUT2D eigenvalue weighted by molar-refractivity contribution is 7.99. The van der Waals surface area contributed by atoms with Gasteiger partial charge in [0, 0.05) is 18.3 Å². The predicted molar refractivity (Wildman–Crippen MR) is 97.5 cm³/mol. The molecule has 2 unspecified atom stereocenters. The van der Waals surface area contributed by atoms with Gasteiger partial charge in [-0.2, -0.15) is 8.78 Å². The average molecular weight is 418 g/mol. The van der Waals surface area contributed by atoms with Gasteiger partial charge in [0.2, 0.25) is 0 Å². The molecule has 0 amide bonds. The molecule has 0 saturated carbocycles. The Morgan fingerprint density at radius 1 is 1.22 bits per heavy atom. The molecule has 2 atom stereocenters. The molecule has 2 aromatic heterocycles. The summed E-state index contributed by atoms with van der Waals surface area (Å²) in [6.07, 6.45) is -2.47. The third-order valence-corrected chi connectivity index (χ3v) is 4.90. The van der Waals surface area contributed by atoms with Gasteiger partial charge in [0.1, 0.15) is 11.5 Å². The van der Waals surface area contributed by atoms with Crippen LogP contribution in [0.2, 0.25) is 0 Å². The number of H-pyrrole nitrogens is 1. The lowest BCUT2D eigenvalue weighted by molar-refractivity contribution is -0.198. The quantitative estimate of drug-likeness (QED) is 0.416. The fourth-order valence-electron chi connectivity index (χ4n) is 2.29. The van der Waals surface area contributed by atoms with Crippen LogP contribution in [0.5, 0.6) is 11.5 Å². The molecule has 1 aromatic carbocycles. The van der Waals surface area contributed by atoms with E-state index in [4.69, 9.17) is 16.3 Å². The number of rotatable bonds is 7. The first-order valence-corrected chi connectivity index (χ1v) is 9.11. The molecule has 27 heavy (non-hydrogen) atoms. The highest BCUT2D eigenvalue weighted by atomic mass is 35.5. The van der Waals surface area contributed by atoms with Crippen molar-refractivity contribution in [3.8, 4) is 11.5 Å². The Bertz CT molecular complexity index is 939. The maximum Gasteiger partial charge on any atom is 0.444 e. The van der Waals surface area contributed by atoms with Crippen LogP contribution in [0.15, 0.2) is 41.7 Å². The summed E-state index contributed by atoms with van der Waals surface area (Å²) in [5.41, 5.74) is -1.11. The standard InChI is InChI=1S/C17H15ClF3N3O2S/c1-9(13-7-10(25-2)5-6-22-13)27-16-23-12-4-3-11(8-14(12)24-16)26-17(20,21)15(18)19/h3-9,15H,1-2H3,(H,23,24). The number of aromatic amines is 1. The molecular formula is C17H15ClF3N3O2S. The zero-order valence-electron chi connectivity index (χ0n) is 14.2. The van der Waals surface area contributed by atoms with Crippen molar-refractivity contribution in [1.29, 1.82) is 0 Å². The van der Waals surface area contributed by atoms with Gasteiger partial charge in [-0.15, -0.1) is 0 Å². The molecule has 1 N–H and O–H groups in total. The van der Waals surface area contributed by atoms with Crippen LogP contribution in [-0.4, -0.2) is 33.8 Å². The molecule has 144 valence electrons. The number of nitrogens with one attached hydrogen (secondary N) is 1. The van der Waals surface area contributed by atoms with Gasteiger partial charge in [-0.1, -0.05) is 23.4 Å². The number of methoxy groups -OCH3 is 1. The van der Waals surface area contributed by atoms with Crippen LogP contribution in [0.25, 0.3) is 11.0 Å². The van der Waals surface area contributed by atoms with Gasteiger partial charge >= 0.3 is 6.11 Å². The topological polar surface area (TPSA) is 60.0 Å². The monoisotopic (exact) mass is 417 g/mol. The molecule has 3 rings (SSSR count). The summed E-state index contributed by atoms with van der Waals surface area (Å²) in [6, 6.07) is 7.68. The van der Waals surface area contributed by atoms with E-state index in [1.807, 2.05) is 13.0 Å². The number of nitrogens with zero attached hydrogens (tertiary/aromatic N) is 2. The minimum atomic E-state index is -4.13. The molecule has 0 spiro atoms.